The normalized spacial score (nSPS) is 19.1. The Morgan fingerprint density at radius 2 is 1.63 bits per heavy atom. The van der Waals surface area contributed by atoms with E-state index in [-0.39, 0.29) is 30.3 Å². The number of hydrogen-bond acceptors (Lipinski definition) is 4. The summed E-state index contributed by atoms with van der Waals surface area (Å²) in [5.74, 6) is -0.194. The lowest BCUT2D eigenvalue weighted by atomic mass is 10.1. The first-order chi connectivity index (χ1) is 12.8. The first-order valence-electron chi connectivity index (χ1n) is 8.51. The van der Waals surface area contributed by atoms with Crippen LogP contribution in [0.25, 0.3) is 0 Å². The lowest BCUT2D eigenvalue weighted by molar-refractivity contribution is -0.237. The fourth-order valence-corrected chi connectivity index (χ4v) is 4.48. The molecule has 0 N–H and O–H groups in total. The maximum absolute atomic E-state index is 12.9. The molecule has 1 heterocycles. The van der Waals surface area contributed by atoms with E-state index in [0.717, 1.165) is 0 Å². The molecule has 146 valence electrons. The van der Waals surface area contributed by atoms with Crippen molar-refractivity contribution in [2.24, 2.45) is 0 Å². The molecule has 0 bridgehead atoms. The minimum atomic E-state index is -4.41. The van der Waals surface area contributed by atoms with Crippen LogP contribution in [0.4, 0.5) is 13.2 Å². The number of benzene rings is 2. The molecule has 2 aromatic rings. The Bertz CT molecular complexity index is 869. The average molecular weight is 399 g/mol. The third kappa shape index (κ3) is 5.09. The molecule has 0 radical (unpaired) electrons. The van der Waals surface area contributed by atoms with Gasteiger partial charge in [0.1, 0.15) is 0 Å². The SMILES string of the molecule is O=S(=O)(Cc1ccccc1CN1CCOC(C(F)(F)F)C1)c1ccccc1. The molecule has 1 aliphatic rings. The summed E-state index contributed by atoms with van der Waals surface area (Å²) in [5.41, 5.74) is 1.30. The van der Waals surface area contributed by atoms with Gasteiger partial charge in [-0.1, -0.05) is 42.5 Å². The molecule has 27 heavy (non-hydrogen) atoms. The van der Waals surface area contributed by atoms with E-state index >= 15 is 0 Å². The number of rotatable bonds is 5. The van der Waals surface area contributed by atoms with Gasteiger partial charge in [0, 0.05) is 19.6 Å². The predicted octanol–water partition coefficient (Wildman–Crippen LogP) is 3.42. The third-order valence-electron chi connectivity index (χ3n) is 4.48. The van der Waals surface area contributed by atoms with Crippen molar-refractivity contribution in [1.82, 2.24) is 4.90 Å². The number of halogens is 3. The Balaban J connectivity index is 1.77. The molecular weight excluding hydrogens is 379 g/mol. The minimum absolute atomic E-state index is 0.00530. The van der Waals surface area contributed by atoms with Crippen molar-refractivity contribution in [3.05, 3.63) is 65.7 Å². The van der Waals surface area contributed by atoms with E-state index < -0.39 is 22.1 Å². The van der Waals surface area contributed by atoms with E-state index in [4.69, 9.17) is 4.74 Å². The van der Waals surface area contributed by atoms with Crippen LogP contribution in [0.15, 0.2) is 59.5 Å². The van der Waals surface area contributed by atoms with Crippen molar-refractivity contribution < 1.29 is 26.3 Å². The van der Waals surface area contributed by atoms with E-state index in [1.807, 2.05) is 0 Å². The van der Waals surface area contributed by atoms with Gasteiger partial charge in [0.15, 0.2) is 15.9 Å². The molecule has 1 atom stereocenters. The Morgan fingerprint density at radius 3 is 2.30 bits per heavy atom. The van der Waals surface area contributed by atoms with Gasteiger partial charge in [-0.2, -0.15) is 13.2 Å². The third-order valence-corrected chi connectivity index (χ3v) is 6.16. The van der Waals surface area contributed by atoms with Crippen LogP contribution in [0.2, 0.25) is 0 Å². The summed E-state index contributed by atoms with van der Waals surface area (Å²) in [6.45, 7) is 0.348. The summed E-state index contributed by atoms with van der Waals surface area (Å²) in [6, 6.07) is 15.1. The summed E-state index contributed by atoms with van der Waals surface area (Å²) >= 11 is 0. The van der Waals surface area contributed by atoms with Crippen molar-refractivity contribution >= 4 is 9.84 Å². The highest BCUT2D eigenvalue weighted by Gasteiger charge is 2.43. The van der Waals surface area contributed by atoms with Gasteiger partial charge >= 0.3 is 6.18 Å². The molecule has 0 aromatic heterocycles. The lowest BCUT2D eigenvalue weighted by Crippen LogP contribution is -2.48. The minimum Gasteiger partial charge on any atom is -0.366 e. The zero-order valence-corrected chi connectivity index (χ0v) is 15.3. The topological polar surface area (TPSA) is 46.6 Å². The summed E-state index contributed by atoms with van der Waals surface area (Å²) in [4.78, 5) is 1.87. The summed E-state index contributed by atoms with van der Waals surface area (Å²) in [6.07, 6.45) is -6.22. The van der Waals surface area contributed by atoms with Crippen molar-refractivity contribution in [1.29, 1.82) is 0 Å². The van der Waals surface area contributed by atoms with Gasteiger partial charge in [-0.05, 0) is 23.3 Å². The Labute approximate surface area is 156 Å². The predicted molar refractivity (Wildman–Crippen MR) is 94.8 cm³/mol. The molecular formula is C19H20F3NO3S. The van der Waals surface area contributed by atoms with Crippen LogP contribution in [-0.4, -0.2) is 45.3 Å². The van der Waals surface area contributed by atoms with Crippen molar-refractivity contribution in [3.63, 3.8) is 0 Å². The van der Waals surface area contributed by atoms with Crippen LogP contribution < -0.4 is 0 Å². The monoisotopic (exact) mass is 399 g/mol. The smallest absolute Gasteiger partial charge is 0.366 e. The molecule has 0 aliphatic carbocycles. The van der Waals surface area contributed by atoms with Crippen molar-refractivity contribution in [2.45, 2.75) is 29.5 Å². The number of alkyl halides is 3. The second-order valence-electron chi connectivity index (χ2n) is 6.48. The zero-order valence-electron chi connectivity index (χ0n) is 14.5. The summed E-state index contributed by atoms with van der Waals surface area (Å²) in [7, 11) is -3.53. The summed E-state index contributed by atoms with van der Waals surface area (Å²) < 4.78 is 68.8. The van der Waals surface area contributed by atoms with E-state index in [1.165, 1.54) is 12.1 Å². The van der Waals surface area contributed by atoms with Gasteiger partial charge in [-0.15, -0.1) is 0 Å². The molecule has 0 spiro atoms. The summed E-state index contributed by atoms with van der Waals surface area (Å²) in [5, 5.41) is 0. The second kappa shape index (κ2) is 8.00. The van der Waals surface area contributed by atoms with E-state index in [2.05, 4.69) is 0 Å². The average Bonchev–Trinajstić information content (AvgIpc) is 2.63. The van der Waals surface area contributed by atoms with Gasteiger partial charge < -0.3 is 4.74 Å². The molecule has 1 aliphatic heterocycles. The van der Waals surface area contributed by atoms with Gasteiger partial charge in [0.2, 0.25) is 0 Å². The highest BCUT2D eigenvalue weighted by atomic mass is 32.2. The number of sulfone groups is 1. The quantitative estimate of drug-likeness (QED) is 0.773. The van der Waals surface area contributed by atoms with E-state index in [1.54, 1.807) is 47.4 Å². The van der Waals surface area contributed by atoms with Crippen LogP contribution in [0.3, 0.4) is 0 Å². The van der Waals surface area contributed by atoms with Crippen molar-refractivity contribution in [2.75, 3.05) is 19.7 Å². The highest BCUT2D eigenvalue weighted by molar-refractivity contribution is 7.90. The number of nitrogens with zero attached hydrogens (tertiary/aromatic N) is 1. The van der Waals surface area contributed by atoms with Gasteiger partial charge in [-0.3, -0.25) is 4.90 Å². The molecule has 8 heteroatoms. The standard InChI is InChI=1S/C19H20F3NO3S/c20-19(21,22)18-13-23(10-11-26-18)12-15-6-4-5-7-16(15)14-27(24,25)17-8-2-1-3-9-17/h1-9,18H,10-14H2. The molecule has 0 saturated carbocycles. The number of ether oxygens (including phenoxy) is 1. The van der Waals surface area contributed by atoms with Crippen LogP contribution in [0.5, 0.6) is 0 Å². The maximum atomic E-state index is 12.9. The zero-order chi connectivity index (χ0) is 19.5. The molecule has 2 aromatic carbocycles. The largest absolute Gasteiger partial charge is 0.415 e. The Morgan fingerprint density at radius 1 is 1.00 bits per heavy atom. The molecule has 1 saturated heterocycles. The molecule has 3 rings (SSSR count). The van der Waals surface area contributed by atoms with Gasteiger partial charge in [-0.25, -0.2) is 8.42 Å². The van der Waals surface area contributed by atoms with Crippen LogP contribution >= 0.6 is 0 Å². The van der Waals surface area contributed by atoms with E-state index in [0.29, 0.717) is 17.7 Å². The molecule has 1 fully saturated rings. The number of hydrogen-bond donors (Lipinski definition) is 0. The molecule has 4 nitrogen and oxygen atoms in total. The van der Waals surface area contributed by atoms with Crippen LogP contribution in [-0.2, 0) is 26.9 Å². The highest BCUT2D eigenvalue weighted by Crippen LogP contribution is 2.27. The number of morpholine rings is 1. The fraction of sp³-hybridized carbons (Fsp3) is 0.368. The second-order valence-corrected chi connectivity index (χ2v) is 8.47. The van der Waals surface area contributed by atoms with Crippen LogP contribution in [0, 0.1) is 0 Å². The Hall–Kier alpha value is -1.90. The first kappa shape index (κ1) is 19.9. The van der Waals surface area contributed by atoms with Crippen molar-refractivity contribution in [3.8, 4) is 0 Å². The molecule has 1 unspecified atom stereocenters. The molecule has 0 amide bonds. The Kier molecular flexibility index (Phi) is 5.88. The van der Waals surface area contributed by atoms with E-state index in [9.17, 15) is 21.6 Å². The first-order valence-corrected chi connectivity index (χ1v) is 10.2. The fourth-order valence-electron chi connectivity index (χ4n) is 3.05. The van der Waals surface area contributed by atoms with Gasteiger partial charge in [0.05, 0.1) is 17.3 Å². The lowest BCUT2D eigenvalue weighted by Gasteiger charge is -2.34. The van der Waals surface area contributed by atoms with Crippen LogP contribution in [0.1, 0.15) is 11.1 Å². The van der Waals surface area contributed by atoms with Gasteiger partial charge in [0.25, 0.3) is 0 Å². The maximum Gasteiger partial charge on any atom is 0.415 e.